The molecule has 3 rings (SSSR count). The van der Waals surface area contributed by atoms with Crippen molar-refractivity contribution in [2.24, 2.45) is 11.8 Å². The summed E-state index contributed by atoms with van der Waals surface area (Å²) in [5.74, 6) is 5.91. The summed E-state index contributed by atoms with van der Waals surface area (Å²) in [6.07, 6.45) is -0.732. The van der Waals surface area contributed by atoms with E-state index in [0.717, 1.165) is 0 Å². The van der Waals surface area contributed by atoms with Crippen LogP contribution in [0.4, 0.5) is 0 Å². The number of rotatable bonds is 6. The number of nitrogens with zero attached hydrogens (tertiary/aromatic N) is 2. The minimum atomic E-state index is -1.65. The molecule has 7 nitrogen and oxygen atoms in total. The van der Waals surface area contributed by atoms with Gasteiger partial charge in [-0.1, -0.05) is 30.6 Å². The summed E-state index contributed by atoms with van der Waals surface area (Å²) in [6, 6.07) is 5.05. The maximum atomic E-state index is 13.2. The first kappa shape index (κ1) is 21.4. The maximum Gasteiger partial charge on any atom is 0.255 e. The Bertz CT molecular complexity index is 1010. The van der Waals surface area contributed by atoms with Crippen molar-refractivity contribution in [3.8, 4) is 5.75 Å². The molecule has 0 aliphatic rings. The van der Waals surface area contributed by atoms with Crippen molar-refractivity contribution < 1.29 is 19.0 Å². The number of halogens is 2. The lowest BCUT2D eigenvalue weighted by Gasteiger charge is -2.23. The smallest absolute Gasteiger partial charge is 0.255 e. The predicted molar refractivity (Wildman–Crippen MR) is 110 cm³/mol. The molecule has 2 heterocycles. The highest BCUT2D eigenvalue weighted by Crippen LogP contribution is 2.44. The maximum absolute atomic E-state index is 13.2. The topological polar surface area (TPSA) is 117 Å². The van der Waals surface area contributed by atoms with Gasteiger partial charge in [0.1, 0.15) is 28.9 Å². The van der Waals surface area contributed by atoms with Crippen LogP contribution in [-0.4, -0.2) is 19.8 Å². The third-order valence-corrected chi connectivity index (χ3v) is 6.48. The van der Waals surface area contributed by atoms with Crippen LogP contribution in [0.25, 0.3) is 10.9 Å². The van der Waals surface area contributed by atoms with E-state index >= 15 is 0 Å². The Morgan fingerprint density at radius 3 is 2.71 bits per heavy atom. The fourth-order valence-corrected chi connectivity index (χ4v) is 4.80. The molecular formula is C18H19BrClN3O4S. The fourth-order valence-electron chi connectivity index (χ4n) is 2.95. The van der Waals surface area contributed by atoms with Gasteiger partial charge >= 0.3 is 0 Å². The van der Waals surface area contributed by atoms with Gasteiger partial charge in [-0.2, -0.15) is 0 Å². The van der Waals surface area contributed by atoms with Gasteiger partial charge in [0.2, 0.25) is 0 Å². The Morgan fingerprint density at radius 2 is 2.14 bits per heavy atom. The van der Waals surface area contributed by atoms with Crippen LogP contribution in [0.1, 0.15) is 37.0 Å². The van der Waals surface area contributed by atoms with Crippen LogP contribution in [0.15, 0.2) is 32.2 Å². The molecule has 3 N–H and O–H groups in total. The molecule has 0 saturated carbocycles. The monoisotopic (exact) mass is 487 g/mol. The van der Waals surface area contributed by atoms with Gasteiger partial charge in [-0.3, -0.25) is 4.84 Å². The zero-order valence-corrected chi connectivity index (χ0v) is 18.6. The Morgan fingerprint density at radius 1 is 1.43 bits per heavy atom. The van der Waals surface area contributed by atoms with Gasteiger partial charge in [0.25, 0.3) is 5.03 Å². The lowest BCUT2D eigenvalue weighted by molar-refractivity contribution is 0.0164. The lowest BCUT2D eigenvalue weighted by Crippen LogP contribution is -2.20. The molecule has 0 aliphatic heterocycles. The van der Waals surface area contributed by atoms with E-state index in [0.29, 0.717) is 31.9 Å². The molecule has 2 unspecified atom stereocenters. The van der Waals surface area contributed by atoms with Gasteiger partial charge in [0.15, 0.2) is 5.75 Å². The molecular weight excluding hydrogens is 470 g/mol. The average molecular weight is 489 g/mol. The summed E-state index contributed by atoms with van der Waals surface area (Å²) in [4.78, 5) is 9.68. The van der Waals surface area contributed by atoms with Gasteiger partial charge in [-0.25, -0.2) is 10.9 Å². The molecule has 2 aromatic heterocycles. The fraction of sp³-hybridized carbons (Fsp3) is 0.333. The highest BCUT2D eigenvalue weighted by atomic mass is 79.9. The predicted octanol–water partition coefficient (Wildman–Crippen LogP) is 4.55. The SMILES string of the molecule is Cc1cc(C[S+]([O-])c2nc3c(Br)ccc(Cl)c3c(O)c2C(ON)C(C)C)no1. The molecule has 2 atom stereocenters. The van der Waals surface area contributed by atoms with E-state index in [-0.39, 0.29) is 28.0 Å². The minimum Gasteiger partial charge on any atom is -0.610 e. The first-order chi connectivity index (χ1) is 13.2. The van der Waals surface area contributed by atoms with Crippen LogP contribution in [-0.2, 0) is 21.8 Å². The van der Waals surface area contributed by atoms with Crippen molar-refractivity contribution >= 4 is 49.6 Å². The van der Waals surface area contributed by atoms with Crippen molar-refractivity contribution in [3.63, 3.8) is 0 Å². The van der Waals surface area contributed by atoms with E-state index in [2.05, 4.69) is 26.1 Å². The molecule has 0 fully saturated rings. The second-order valence-corrected chi connectivity index (χ2v) is 9.28. The van der Waals surface area contributed by atoms with Gasteiger partial charge in [-0.05, 0) is 40.9 Å². The Balaban J connectivity index is 2.24. The molecule has 0 spiro atoms. The molecule has 150 valence electrons. The van der Waals surface area contributed by atoms with E-state index in [1.807, 2.05) is 13.8 Å². The van der Waals surface area contributed by atoms with Crippen molar-refractivity contribution in [2.75, 3.05) is 0 Å². The highest BCUT2D eigenvalue weighted by Gasteiger charge is 2.33. The second kappa shape index (κ2) is 8.56. The molecule has 28 heavy (non-hydrogen) atoms. The average Bonchev–Trinajstić information content (AvgIpc) is 3.04. The minimum absolute atomic E-state index is 0.0653. The number of nitrogens with two attached hydrogens (primary N) is 1. The third-order valence-electron chi connectivity index (χ3n) is 4.22. The van der Waals surface area contributed by atoms with Crippen LogP contribution in [0, 0.1) is 12.8 Å². The summed E-state index contributed by atoms with van der Waals surface area (Å²) < 4.78 is 18.8. The van der Waals surface area contributed by atoms with Gasteiger partial charge in [-0.15, -0.1) is 0 Å². The van der Waals surface area contributed by atoms with Crippen LogP contribution < -0.4 is 5.90 Å². The normalized spacial score (nSPS) is 14.0. The highest BCUT2D eigenvalue weighted by molar-refractivity contribution is 9.10. The first-order valence-corrected chi connectivity index (χ1v) is 10.9. The summed E-state index contributed by atoms with van der Waals surface area (Å²) >= 11 is 8.07. The van der Waals surface area contributed by atoms with Crippen LogP contribution in [0.5, 0.6) is 5.75 Å². The second-order valence-electron chi connectivity index (χ2n) is 6.65. The van der Waals surface area contributed by atoms with Crippen LogP contribution in [0.2, 0.25) is 5.02 Å². The summed E-state index contributed by atoms with van der Waals surface area (Å²) in [6.45, 7) is 5.50. The van der Waals surface area contributed by atoms with Crippen LogP contribution in [0.3, 0.4) is 0 Å². The van der Waals surface area contributed by atoms with E-state index in [1.165, 1.54) is 0 Å². The van der Waals surface area contributed by atoms with E-state index in [9.17, 15) is 9.66 Å². The van der Waals surface area contributed by atoms with Crippen molar-refractivity contribution in [3.05, 3.63) is 44.7 Å². The van der Waals surface area contributed by atoms with Crippen molar-refractivity contribution in [1.29, 1.82) is 0 Å². The number of hydrogen-bond donors (Lipinski definition) is 2. The third kappa shape index (κ3) is 4.00. The molecule has 0 aliphatic carbocycles. The van der Waals surface area contributed by atoms with Crippen molar-refractivity contribution in [2.45, 2.75) is 37.7 Å². The van der Waals surface area contributed by atoms with E-state index in [4.69, 9.17) is 26.9 Å². The molecule has 0 amide bonds. The number of pyridine rings is 1. The summed E-state index contributed by atoms with van der Waals surface area (Å²) in [5, 5.41) is 15.8. The summed E-state index contributed by atoms with van der Waals surface area (Å²) in [5.41, 5.74) is 1.17. The zero-order chi connectivity index (χ0) is 20.6. The molecule has 0 radical (unpaired) electrons. The lowest BCUT2D eigenvalue weighted by atomic mass is 9.98. The molecule has 1 aromatic carbocycles. The zero-order valence-electron chi connectivity index (χ0n) is 15.4. The van der Waals surface area contributed by atoms with Crippen LogP contribution >= 0.6 is 27.5 Å². The number of benzene rings is 1. The number of fused-ring (bicyclic) bond motifs is 1. The molecule has 3 aromatic rings. The number of aryl methyl sites for hydroxylation is 1. The molecule has 0 bridgehead atoms. The Labute approximate surface area is 178 Å². The molecule has 0 saturated heterocycles. The van der Waals surface area contributed by atoms with Crippen molar-refractivity contribution in [1.82, 2.24) is 10.1 Å². The number of aromatic hydroxyl groups is 1. The number of aromatic nitrogens is 2. The Hall–Kier alpha value is -1.36. The van der Waals surface area contributed by atoms with E-state index < -0.39 is 17.3 Å². The first-order valence-electron chi connectivity index (χ1n) is 8.41. The van der Waals surface area contributed by atoms with Gasteiger partial charge in [0, 0.05) is 21.7 Å². The van der Waals surface area contributed by atoms with E-state index in [1.54, 1.807) is 25.1 Å². The van der Waals surface area contributed by atoms with Gasteiger partial charge < -0.3 is 14.2 Å². The standard InChI is InChI=1S/C18H19BrClN3O4S/c1-8(2)17(26-21)14-16(24)13-12(20)5-4-11(19)15(13)22-18(14)28(25)7-10-6-9(3)27-23-10/h4-6,8,17H,7,21H2,1-3H3,(H,22,24). The number of hydrogen-bond acceptors (Lipinski definition) is 7. The summed E-state index contributed by atoms with van der Waals surface area (Å²) in [7, 11) is 0. The van der Waals surface area contributed by atoms with Gasteiger partial charge in [0.05, 0.1) is 15.9 Å². The quantitative estimate of drug-likeness (QED) is 0.386. The Kier molecular flexibility index (Phi) is 6.53. The molecule has 10 heteroatoms. The largest absolute Gasteiger partial charge is 0.610 e.